The topological polar surface area (TPSA) is 50.4 Å². The standard InChI is InChI=1S/C17H26N2O2.ClH/c1-17(2,12-13-6-4-5-7-15(13)21-3)16(20)19-14-8-10-18-11-9-14;/h4-7,14,18H,8-12H2,1-3H3,(H,19,20);1H. The summed E-state index contributed by atoms with van der Waals surface area (Å²) in [5.74, 6) is 0.973. The molecule has 0 aliphatic carbocycles. The summed E-state index contributed by atoms with van der Waals surface area (Å²) < 4.78 is 5.38. The fourth-order valence-electron chi connectivity index (χ4n) is 2.75. The number of benzene rings is 1. The predicted molar refractivity (Wildman–Crippen MR) is 91.8 cm³/mol. The molecule has 124 valence electrons. The van der Waals surface area contributed by atoms with Gasteiger partial charge in [0, 0.05) is 11.5 Å². The van der Waals surface area contributed by atoms with E-state index in [9.17, 15) is 4.79 Å². The van der Waals surface area contributed by atoms with Gasteiger partial charge >= 0.3 is 0 Å². The molecule has 2 N–H and O–H groups in total. The monoisotopic (exact) mass is 326 g/mol. The Morgan fingerprint density at radius 2 is 1.95 bits per heavy atom. The fraction of sp³-hybridized carbons (Fsp3) is 0.588. The molecule has 0 aromatic heterocycles. The van der Waals surface area contributed by atoms with Gasteiger partial charge in [-0.05, 0) is 44.0 Å². The van der Waals surface area contributed by atoms with Crippen molar-refractivity contribution in [2.45, 2.75) is 39.2 Å². The van der Waals surface area contributed by atoms with Gasteiger partial charge in [-0.3, -0.25) is 4.79 Å². The van der Waals surface area contributed by atoms with Gasteiger partial charge in [-0.1, -0.05) is 32.0 Å². The molecule has 4 nitrogen and oxygen atoms in total. The van der Waals surface area contributed by atoms with Gasteiger partial charge in [0.1, 0.15) is 5.75 Å². The maximum Gasteiger partial charge on any atom is 0.226 e. The molecule has 2 rings (SSSR count). The van der Waals surface area contributed by atoms with Crippen LogP contribution in [-0.2, 0) is 11.2 Å². The largest absolute Gasteiger partial charge is 0.496 e. The van der Waals surface area contributed by atoms with E-state index in [0.29, 0.717) is 12.5 Å². The van der Waals surface area contributed by atoms with Crippen LogP contribution in [-0.4, -0.2) is 32.1 Å². The maximum atomic E-state index is 12.6. The van der Waals surface area contributed by atoms with Gasteiger partial charge in [0.15, 0.2) is 0 Å². The van der Waals surface area contributed by atoms with Crippen LogP contribution < -0.4 is 15.4 Å². The van der Waals surface area contributed by atoms with E-state index in [0.717, 1.165) is 37.2 Å². The lowest BCUT2D eigenvalue weighted by Crippen LogP contribution is -2.47. The van der Waals surface area contributed by atoms with Crippen LogP contribution in [0.3, 0.4) is 0 Å². The number of amides is 1. The number of carbonyl (C=O) groups is 1. The molecule has 1 amide bonds. The van der Waals surface area contributed by atoms with Crippen LogP contribution in [0.1, 0.15) is 32.3 Å². The molecule has 22 heavy (non-hydrogen) atoms. The number of para-hydroxylation sites is 1. The lowest BCUT2D eigenvalue weighted by molar-refractivity contribution is -0.130. The quantitative estimate of drug-likeness (QED) is 0.874. The molecule has 0 saturated carbocycles. The molecule has 1 heterocycles. The van der Waals surface area contributed by atoms with Gasteiger partial charge in [0.25, 0.3) is 0 Å². The first-order valence-corrected chi connectivity index (χ1v) is 7.66. The number of halogens is 1. The second-order valence-electron chi connectivity index (χ2n) is 6.37. The van der Waals surface area contributed by atoms with Crippen LogP contribution in [0, 0.1) is 5.41 Å². The highest BCUT2D eigenvalue weighted by Gasteiger charge is 2.30. The van der Waals surface area contributed by atoms with Crippen molar-refractivity contribution in [1.82, 2.24) is 10.6 Å². The summed E-state index contributed by atoms with van der Waals surface area (Å²) >= 11 is 0. The third kappa shape index (κ3) is 4.89. The molecule has 0 bridgehead atoms. The molecule has 5 heteroatoms. The van der Waals surface area contributed by atoms with Crippen LogP contribution in [0.2, 0.25) is 0 Å². The van der Waals surface area contributed by atoms with E-state index in [1.54, 1.807) is 7.11 Å². The maximum absolute atomic E-state index is 12.6. The Labute approximate surface area is 139 Å². The van der Waals surface area contributed by atoms with Crippen LogP contribution in [0.4, 0.5) is 0 Å². The molecule has 0 radical (unpaired) electrons. The number of hydrogen-bond acceptors (Lipinski definition) is 3. The van der Waals surface area contributed by atoms with E-state index >= 15 is 0 Å². The zero-order valence-corrected chi connectivity index (χ0v) is 14.5. The van der Waals surface area contributed by atoms with Crippen molar-refractivity contribution in [3.63, 3.8) is 0 Å². The fourth-order valence-corrected chi connectivity index (χ4v) is 2.75. The highest BCUT2D eigenvalue weighted by molar-refractivity contribution is 5.85. The smallest absolute Gasteiger partial charge is 0.226 e. The molecule has 1 aliphatic rings. The Bertz CT molecular complexity index is 485. The second kappa shape index (κ2) is 8.39. The summed E-state index contributed by atoms with van der Waals surface area (Å²) in [6.45, 7) is 5.96. The molecular weight excluding hydrogens is 300 g/mol. The van der Waals surface area contributed by atoms with Crippen molar-refractivity contribution < 1.29 is 9.53 Å². The Hall–Kier alpha value is -1.26. The minimum atomic E-state index is -0.445. The number of rotatable bonds is 5. The molecule has 0 unspecified atom stereocenters. The SMILES string of the molecule is COc1ccccc1CC(C)(C)C(=O)NC1CCNCC1.Cl. The highest BCUT2D eigenvalue weighted by Crippen LogP contribution is 2.28. The first-order chi connectivity index (χ1) is 10.0. The molecule has 0 spiro atoms. The normalized spacial score (nSPS) is 15.8. The Morgan fingerprint density at radius 3 is 2.59 bits per heavy atom. The van der Waals surface area contributed by atoms with E-state index in [-0.39, 0.29) is 18.3 Å². The summed E-state index contributed by atoms with van der Waals surface area (Å²) in [7, 11) is 1.67. The number of hydrogen-bond donors (Lipinski definition) is 2. The van der Waals surface area contributed by atoms with Gasteiger partial charge in [-0.25, -0.2) is 0 Å². The molecule has 1 saturated heterocycles. The molecular formula is C17H27ClN2O2. The first-order valence-electron chi connectivity index (χ1n) is 7.66. The van der Waals surface area contributed by atoms with Gasteiger partial charge < -0.3 is 15.4 Å². The van der Waals surface area contributed by atoms with E-state index in [4.69, 9.17) is 4.74 Å². The van der Waals surface area contributed by atoms with Gasteiger partial charge in [-0.15, -0.1) is 12.4 Å². The number of ether oxygens (including phenoxy) is 1. The van der Waals surface area contributed by atoms with E-state index in [1.807, 2.05) is 38.1 Å². The molecule has 1 aromatic rings. The lowest BCUT2D eigenvalue weighted by Gasteiger charge is -2.30. The van der Waals surface area contributed by atoms with Crippen LogP contribution in [0.25, 0.3) is 0 Å². The zero-order chi connectivity index (χ0) is 15.3. The summed E-state index contributed by atoms with van der Waals surface area (Å²) in [6, 6.07) is 8.20. The van der Waals surface area contributed by atoms with Gasteiger partial charge in [0.05, 0.1) is 7.11 Å². The summed E-state index contributed by atoms with van der Waals surface area (Å²) in [6.07, 6.45) is 2.70. The zero-order valence-electron chi connectivity index (χ0n) is 13.6. The molecule has 1 aromatic carbocycles. The second-order valence-corrected chi connectivity index (χ2v) is 6.37. The summed E-state index contributed by atoms with van der Waals surface area (Å²) in [5.41, 5.74) is 0.630. The van der Waals surface area contributed by atoms with E-state index < -0.39 is 5.41 Å². The third-order valence-electron chi connectivity index (χ3n) is 4.11. The molecule has 0 atom stereocenters. The van der Waals surface area contributed by atoms with Crippen molar-refractivity contribution in [3.8, 4) is 5.75 Å². The van der Waals surface area contributed by atoms with Crippen LogP contribution >= 0.6 is 12.4 Å². The number of carbonyl (C=O) groups excluding carboxylic acids is 1. The third-order valence-corrected chi connectivity index (χ3v) is 4.11. The Balaban J connectivity index is 0.00000242. The van der Waals surface area contributed by atoms with Crippen molar-refractivity contribution in [2.75, 3.05) is 20.2 Å². The average molecular weight is 327 g/mol. The van der Waals surface area contributed by atoms with E-state index in [2.05, 4.69) is 10.6 Å². The number of piperidine rings is 1. The van der Waals surface area contributed by atoms with Crippen molar-refractivity contribution >= 4 is 18.3 Å². The van der Waals surface area contributed by atoms with Crippen molar-refractivity contribution in [1.29, 1.82) is 0 Å². The van der Waals surface area contributed by atoms with Crippen molar-refractivity contribution in [2.24, 2.45) is 5.41 Å². The van der Waals surface area contributed by atoms with Gasteiger partial charge in [0.2, 0.25) is 5.91 Å². The summed E-state index contributed by atoms with van der Waals surface area (Å²) in [5, 5.41) is 6.51. The highest BCUT2D eigenvalue weighted by atomic mass is 35.5. The summed E-state index contributed by atoms with van der Waals surface area (Å²) in [4.78, 5) is 12.6. The first kappa shape index (κ1) is 18.8. The van der Waals surface area contributed by atoms with E-state index in [1.165, 1.54) is 0 Å². The molecule has 1 aliphatic heterocycles. The number of nitrogens with one attached hydrogen (secondary N) is 2. The Morgan fingerprint density at radius 1 is 1.32 bits per heavy atom. The van der Waals surface area contributed by atoms with Gasteiger partial charge in [-0.2, -0.15) is 0 Å². The minimum Gasteiger partial charge on any atom is -0.496 e. The average Bonchev–Trinajstić information content (AvgIpc) is 2.48. The Kier molecular flexibility index (Phi) is 7.17. The molecule has 1 fully saturated rings. The van der Waals surface area contributed by atoms with Crippen LogP contribution in [0.15, 0.2) is 24.3 Å². The predicted octanol–water partition coefficient (Wildman–Crippen LogP) is 2.55. The van der Waals surface area contributed by atoms with Crippen molar-refractivity contribution in [3.05, 3.63) is 29.8 Å². The number of methoxy groups -OCH3 is 1. The lowest BCUT2D eigenvalue weighted by atomic mass is 9.84. The minimum absolute atomic E-state index is 0. The van der Waals surface area contributed by atoms with Crippen LogP contribution in [0.5, 0.6) is 5.75 Å².